The Labute approximate surface area is 192 Å². The molecule has 5 rings (SSSR count). The Kier molecular flexibility index (Phi) is 5.55. The standard InChI is InChI=1S/C23H25N5O4S/c1-16-2-5-18(6-3-16)33(29,30)21-13-25-23(26-22(21)24)28-10-8-27(9-11-28)14-17-4-7-19-20(12-17)32-15-31-19/h2-7,12-13H,8-11,14-15H2,1H3,(H2,24,25,26). The zero-order valence-electron chi connectivity index (χ0n) is 18.3. The lowest BCUT2D eigenvalue weighted by molar-refractivity contribution is 0.174. The normalized spacial score (nSPS) is 16.2. The van der Waals surface area contributed by atoms with Crippen LogP contribution >= 0.6 is 0 Å². The number of piperazine rings is 1. The number of hydrogen-bond acceptors (Lipinski definition) is 9. The third kappa shape index (κ3) is 4.31. The van der Waals surface area contributed by atoms with Crippen LogP contribution in [0.2, 0.25) is 0 Å². The lowest BCUT2D eigenvalue weighted by Crippen LogP contribution is -2.46. The molecule has 10 heteroatoms. The summed E-state index contributed by atoms with van der Waals surface area (Å²) in [6.07, 6.45) is 1.31. The Morgan fingerprint density at radius 3 is 2.45 bits per heavy atom. The lowest BCUT2D eigenvalue weighted by Gasteiger charge is -2.34. The summed E-state index contributed by atoms with van der Waals surface area (Å²) >= 11 is 0. The molecule has 172 valence electrons. The smallest absolute Gasteiger partial charge is 0.231 e. The average Bonchev–Trinajstić information content (AvgIpc) is 3.27. The third-order valence-electron chi connectivity index (χ3n) is 5.89. The first kappa shape index (κ1) is 21.5. The highest BCUT2D eigenvalue weighted by molar-refractivity contribution is 7.91. The van der Waals surface area contributed by atoms with Gasteiger partial charge in [-0.15, -0.1) is 0 Å². The van der Waals surface area contributed by atoms with Crippen LogP contribution in [0.1, 0.15) is 11.1 Å². The minimum Gasteiger partial charge on any atom is -0.454 e. The zero-order chi connectivity index (χ0) is 23.0. The Morgan fingerprint density at radius 2 is 1.73 bits per heavy atom. The molecule has 2 aliphatic rings. The summed E-state index contributed by atoms with van der Waals surface area (Å²) in [5, 5.41) is 0. The van der Waals surface area contributed by atoms with Crippen molar-refractivity contribution in [3.63, 3.8) is 0 Å². The predicted octanol–water partition coefficient (Wildman–Crippen LogP) is 2.25. The number of aryl methyl sites for hydroxylation is 1. The fraction of sp³-hybridized carbons (Fsp3) is 0.304. The summed E-state index contributed by atoms with van der Waals surface area (Å²) < 4.78 is 36.7. The highest BCUT2D eigenvalue weighted by atomic mass is 32.2. The van der Waals surface area contributed by atoms with Gasteiger partial charge in [0.2, 0.25) is 22.6 Å². The molecule has 1 saturated heterocycles. The van der Waals surface area contributed by atoms with Gasteiger partial charge in [0.1, 0.15) is 10.7 Å². The third-order valence-corrected chi connectivity index (χ3v) is 7.68. The first-order chi connectivity index (χ1) is 15.9. The van der Waals surface area contributed by atoms with Crippen LogP contribution in [0, 0.1) is 6.92 Å². The lowest BCUT2D eigenvalue weighted by atomic mass is 10.1. The summed E-state index contributed by atoms with van der Waals surface area (Å²) in [6.45, 7) is 6.05. The summed E-state index contributed by atoms with van der Waals surface area (Å²) in [5.41, 5.74) is 8.21. The summed E-state index contributed by atoms with van der Waals surface area (Å²) in [4.78, 5) is 13.1. The molecule has 3 heterocycles. The summed E-state index contributed by atoms with van der Waals surface area (Å²) in [7, 11) is -3.78. The first-order valence-corrected chi connectivity index (χ1v) is 12.2. The largest absolute Gasteiger partial charge is 0.454 e. The Balaban J connectivity index is 1.25. The molecule has 0 unspecified atom stereocenters. The topological polar surface area (TPSA) is 111 Å². The van der Waals surface area contributed by atoms with Crippen molar-refractivity contribution in [3.8, 4) is 11.5 Å². The van der Waals surface area contributed by atoms with E-state index < -0.39 is 9.84 Å². The predicted molar refractivity (Wildman–Crippen MR) is 123 cm³/mol. The van der Waals surface area contributed by atoms with E-state index in [1.165, 1.54) is 11.8 Å². The maximum absolute atomic E-state index is 12.9. The quantitative estimate of drug-likeness (QED) is 0.604. The minimum atomic E-state index is -3.78. The van der Waals surface area contributed by atoms with E-state index in [1.807, 2.05) is 24.0 Å². The maximum Gasteiger partial charge on any atom is 0.231 e. The van der Waals surface area contributed by atoms with Crippen molar-refractivity contribution < 1.29 is 17.9 Å². The van der Waals surface area contributed by atoms with E-state index in [9.17, 15) is 8.42 Å². The number of benzene rings is 2. The number of sulfone groups is 1. The Hall–Kier alpha value is -3.37. The fourth-order valence-corrected chi connectivity index (χ4v) is 5.24. The molecule has 3 aromatic rings. The molecule has 0 radical (unpaired) electrons. The van der Waals surface area contributed by atoms with Gasteiger partial charge in [0.15, 0.2) is 11.5 Å². The van der Waals surface area contributed by atoms with Crippen LogP contribution < -0.4 is 20.1 Å². The van der Waals surface area contributed by atoms with Crippen LogP contribution in [0.3, 0.4) is 0 Å². The second-order valence-corrected chi connectivity index (χ2v) is 10.1. The molecule has 0 atom stereocenters. The van der Waals surface area contributed by atoms with Crippen molar-refractivity contribution >= 4 is 21.6 Å². The van der Waals surface area contributed by atoms with Crippen LogP contribution in [0.25, 0.3) is 0 Å². The molecule has 1 aromatic heterocycles. The van der Waals surface area contributed by atoms with E-state index in [4.69, 9.17) is 15.2 Å². The molecule has 2 N–H and O–H groups in total. The van der Waals surface area contributed by atoms with Crippen molar-refractivity contribution in [2.24, 2.45) is 0 Å². The molecule has 2 aromatic carbocycles. The molecule has 33 heavy (non-hydrogen) atoms. The van der Waals surface area contributed by atoms with Crippen molar-refractivity contribution in [3.05, 3.63) is 59.8 Å². The molecular weight excluding hydrogens is 442 g/mol. The molecule has 0 amide bonds. The van der Waals surface area contributed by atoms with Gasteiger partial charge in [0.05, 0.1) is 11.1 Å². The zero-order valence-corrected chi connectivity index (χ0v) is 19.1. The summed E-state index contributed by atoms with van der Waals surface area (Å²) in [6, 6.07) is 12.6. The highest BCUT2D eigenvalue weighted by Crippen LogP contribution is 2.33. The van der Waals surface area contributed by atoms with Crippen LogP contribution in [0.15, 0.2) is 58.5 Å². The number of anilines is 2. The molecule has 2 aliphatic heterocycles. The number of nitrogen functional groups attached to an aromatic ring is 1. The molecular formula is C23H25N5O4S. The number of ether oxygens (including phenoxy) is 2. The number of rotatable bonds is 5. The number of aromatic nitrogens is 2. The van der Waals surface area contributed by atoms with Crippen LogP contribution in [0.5, 0.6) is 11.5 Å². The first-order valence-electron chi connectivity index (χ1n) is 10.7. The second-order valence-electron chi connectivity index (χ2n) is 8.19. The van der Waals surface area contributed by atoms with Gasteiger partial charge in [0, 0.05) is 32.7 Å². The molecule has 0 spiro atoms. The van der Waals surface area contributed by atoms with E-state index >= 15 is 0 Å². The minimum absolute atomic E-state index is 0.0386. The van der Waals surface area contributed by atoms with Crippen molar-refractivity contribution in [1.82, 2.24) is 14.9 Å². The fourth-order valence-electron chi connectivity index (χ4n) is 3.98. The van der Waals surface area contributed by atoms with Gasteiger partial charge in [-0.1, -0.05) is 23.8 Å². The van der Waals surface area contributed by atoms with Crippen LogP contribution in [-0.2, 0) is 16.4 Å². The Bertz CT molecular complexity index is 1270. The number of nitrogens with zero attached hydrogens (tertiary/aromatic N) is 4. The second kappa shape index (κ2) is 8.53. The van der Waals surface area contributed by atoms with Gasteiger partial charge < -0.3 is 20.1 Å². The van der Waals surface area contributed by atoms with Gasteiger partial charge in [-0.2, -0.15) is 4.98 Å². The van der Waals surface area contributed by atoms with Crippen LogP contribution in [0.4, 0.5) is 11.8 Å². The highest BCUT2D eigenvalue weighted by Gasteiger charge is 2.25. The molecule has 0 bridgehead atoms. The monoisotopic (exact) mass is 467 g/mol. The van der Waals surface area contributed by atoms with E-state index in [0.29, 0.717) is 19.0 Å². The van der Waals surface area contributed by atoms with E-state index in [1.54, 1.807) is 24.3 Å². The van der Waals surface area contributed by atoms with Gasteiger partial charge in [-0.05, 0) is 36.8 Å². The van der Waals surface area contributed by atoms with Gasteiger partial charge >= 0.3 is 0 Å². The number of nitrogens with two attached hydrogens (primary N) is 1. The van der Waals surface area contributed by atoms with E-state index in [-0.39, 0.29) is 22.4 Å². The Morgan fingerprint density at radius 1 is 1.00 bits per heavy atom. The molecule has 9 nitrogen and oxygen atoms in total. The van der Waals surface area contributed by atoms with Gasteiger partial charge in [-0.25, -0.2) is 13.4 Å². The van der Waals surface area contributed by atoms with Crippen molar-refractivity contribution in [2.45, 2.75) is 23.3 Å². The van der Waals surface area contributed by atoms with Crippen molar-refractivity contribution in [1.29, 1.82) is 0 Å². The molecule has 0 aliphatic carbocycles. The summed E-state index contributed by atoms with van der Waals surface area (Å²) in [5.74, 6) is 1.98. The van der Waals surface area contributed by atoms with Crippen LogP contribution in [-0.4, -0.2) is 56.3 Å². The number of fused-ring (bicyclic) bond motifs is 1. The molecule has 0 saturated carbocycles. The van der Waals surface area contributed by atoms with Crippen molar-refractivity contribution in [2.75, 3.05) is 43.6 Å². The van der Waals surface area contributed by atoms with Gasteiger partial charge in [0.25, 0.3) is 0 Å². The van der Waals surface area contributed by atoms with E-state index in [0.717, 1.165) is 36.7 Å². The van der Waals surface area contributed by atoms with Gasteiger partial charge in [-0.3, -0.25) is 4.90 Å². The SMILES string of the molecule is Cc1ccc(S(=O)(=O)c2cnc(N3CCN(Cc4ccc5c(c4)OCO5)CC3)nc2N)cc1. The number of hydrogen-bond donors (Lipinski definition) is 1. The molecule has 1 fully saturated rings. The van der Waals surface area contributed by atoms with E-state index in [2.05, 4.69) is 20.9 Å². The average molecular weight is 468 g/mol. The maximum atomic E-state index is 12.9.